The van der Waals surface area contributed by atoms with Crippen molar-refractivity contribution in [1.29, 1.82) is 0 Å². The smallest absolute Gasteiger partial charge is 0.135 e. The van der Waals surface area contributed by atoms with Crippen molar-refractivity contribution in [2.75, 3.05) is 6.61 Å². The van der Waals surface area contributed by atoms with Gasteiger partial charge in [-0.3, -0.25) is 0 Å². The number of benzene rings is 3. The van der Waals surface area contributed by atoms with Gasteiger partial charge in [0.1, 0.15) is 12.4 Å². The maximum absolute atomic E-state index is 5.86. The number of ether oxygens (including phenoxy) is 1. The Bertz CT molecular complexity index is 784. The Balaban J connectivity index is 2.33. The fourth-order valence-electron chi connectivity index (χ4n) is 2.75. The van der Waals surface area contributed by atoms with Crippen LogP contribution in [0.5, 0.6) is 5.75 Å². The molecule has 1 heteroatoms. The molecule has 0 unspecified atom stereocenters. The molecule has 18 heavy (non-hydrogen) atoms. The van der Waals surface area contributed by atoms with Crippen molar-refractivity contribution < 1.29 is 4.74 Å². The van der Waals surface area contributed by atoms with Gasteiger partial charge in [-0.25, -0.2) is 0 Å². The molecule has 0 bridgehead atoms. The van der Waals surface area contributed by atoms with Gasteiger partial charge in [0.15, 0.2) is 0 Å². The van der Waals surface area contributed by atoms with E-state index in [2.05, 4.69) is 60.7 Å². The molecule has 0 saturated heterocycles. The lowest BCUT2D eigenvalue weighted by atomic mass is 9.95. The molecule has 0 amide bonds. The topological polar surface area (TPSA) is 9.23 Å². The van der Waals surface area contributed by atoms with Crippen LogP contribution in [0.4, 0.5) is 0 Å². The molecule has 1 nitrogen and oxygen atoms in total. The average Bonchev–Trinajstić information content (AvgIpc) is 2.48. The predicted octanol–water partition coefficient (Wildman–Crippen LogP) is 4.40. The van der Waals surface area contributed by atoms with Gasteiger partial charge in [0.25, 0.3) is 0 Å². The van der Waals surface area contributed by atoms with Crippen LogP contribution in [0.1, 0.15) is 5.56 Å². The van der Waals surface area contributed by atoms with E-state index in [0.29, 0.717) is 6.61 Å². The van der Waals surface area contributed by atoms with Crippen LogP contribution in [0.2, 0.25) is 0 Å². The highest BCUT2D eigenvalue weighted by Gasteiger charge is 2.14. The second kappa shape index (κ2) is 3.61. The van der Waals surface area contributed by atoms with Gasteiger partial charge >= 0.3 is 0 Å². The first-order valence-electron chi connectivity index (χ1n) is 6.18. The molecule has 1 aliphatic heterocycles. The molecular weight excluding hydrogens is 220 g/mol. The van der Waals surface area contributed by atoms with Crippen molar-refractivity contribution in [2.24, 2.45) is 0 Å². The molecule has 0 aliphatic carbocycles. The summed E-state index contributed by atoms with van der Waals surface area (Å²) in [5, 5.41) is 5.03. The highest BCUT2D eigenvalue weighted by atomic mass is 16.5. The Morgan fingerprint density at radius 1 is 0.722 bits per heavy atom. The summed E-state index contributed by atoms with van der Waals surface area (Å²) < 4.78 is 5.86. The zero-order valence-electron chi connectivity index (χ0n) is 9.89. The monoisotopic (exact) mass is 232 g/mol. The van der Waals surface area contributed by atoms with Crippen molar-refractivity contribution in [1.82, 2.24) is 0 Å². The van der Waals surface area contributed by atoms with Gasteiger partial charge < -0.3 is 4.74 Å². The van der Waals surface area contributed by atoms with Crippen LogP contribution in [0, 0.1) is 0 Å². The molecule has 1 heterocycles. The van der Waals surface area contributed by atoms with Gasteiger partial charge in [-0.2, -0.15) is 0 Å². The van der Waals surface area contributed by atoms with Crippen molar-refractivity contribution in [3.8, 4) is 5.75 Å². The number of hydrogen-bond acceptors (Lipinski definition) is 1. The van der Waals surface area contributed by atoms with Gasteiger partial charge in [0.05, 0.1) is 0 Å². The molecule has 0 radical (unpaired) electrons. The van der Waals surface area contributed by atoms with E-state index in [-0.39, 0.29) is 0 Å². The minimum absolute atomic E-state index is 0.662. The van der Waals surface area contributed by atoms with Crippen LogP contribution in [0.15, 0.2) is 54.6 Å². The molecule has 0 spiro atoms. The third kappa shape index (κ3) is 1.22. The normalized spacial score (nSPS) is 13.6. The molecule has 4 rings (SSSR count). The van der Waals surface area contributed by atoms with Gasteiger partial charge in [-0.05, 0) is 22.2 Å². The summed E-state index contributed by atoms with van der Waals surface area (Å²) in [5.41, 5.74) is 1.20. The number of rotatable bonds is 0. The van der Waals surface area contributed by atoms with Crippen LogP contribution < -0.4 is 4.74 Å². The molecule has 0 atom stereocenters. The van der Waals surface area contributed by atoms with Crippen molar-refractivity contribution >= 4 is 27.6 Å². The quantitative estimate of drug-likeness (QED) is 0.522. The Labute approximate surface area is 105 Å². The molecule has 1 aliphatic rings. The van der Waals surface area contributed by atoms with E-state index in [1.807, 2.05) is 0 Å². The lowest BCUT2D eigenvalue weighted by Gasteiger charge is -2.18. The molecule has 0 fully saturated rings. The first-order valence-corrected chi connectivity index (χ1v) is 6.18. The molecule has 3 aromatic carbocycles. The Kier molecular flexibility index (Phi) is 1.95. The van der Waals surface area contributed by atoms with Gasteiger partial charge in [0, 0.05) is 10.9 Å². The zero-order valence-corrected chi connectivity index (χ0v) is 9.89. The second-order valence-electron chi connectivity index (χ2n) is 4.55. The summed E-state index contributed by atoms with van der Waals surface area (Å²) in [6, 6.07) is 17.0. The summed E-state index contributed by atoms with van der Waals surface area (Å²) in [5.74, 6) is 1.02. The second-order valence-corrected chi connectivity index (χ2v) is 4.55. The van der Waals surface area contributed by atoms with Crippen molar-refractivity contribution in [2.45, 2.75) is 0 Å². The zero-order chi connectivity index (χ0) is 11.9. The standard InChI is InChI=1S/C17H12O/c1-2-7-14-12(6-1)13-8-3-4-9-15(13)17-16(14)10-5-11-18-17/h1-10H,11H2. The fraction of sp³-hybridized carbons (Fsp3) is 0.0588. The summed E-state index contributed by atoms with van der Waals surface area (Å²) in [6.07, 6.45) is 4.25. The third-order valence-corrected chi connectivity index (χ3v) is 3.53. The van der Waals surface area contributed by atoms with Crippen LogP contribution in [-0.4, -0.2) is 6.61 Å². The van der Waals surface area contributed by atoms with Crippen molar-refractivity contribution in [3.63, 3.8) is 0 Å². The summed E-state index contributed by atoms with van der Waals surface area (Å²) >= 11 is 0. The highest BCUT2D eigenvalue weighted by molar-refractivity contribution is 6.14. The molecule has 0 aromatic heterocycles. The van der Waals surface area contributed by atoms with E-state index in [1.54, 1.807) is 0 Å². The first-order chi connectivity index (χ1) is 8.95. The third-order valence-electron chi connectivity index (χ3n) is 3.53. The van der Waals surface area contributed by atoms with Gasteiger partial charge in [-0.15, -0.1) is 0 Å². The summed E-state index contributed by atoms with van der Waals surface area (Å²) in [6.45, 7) is 0.662. The lowest BCUT2D eigenvalue weighted by Crippen LogP contribution is -2.01. The predicted molar refractivity (Wildman–Crippen MR) is 76.0 cm³/mol. The molecular formula is C17H12O. The van der Waals surface area contributed by atoms with E-state index in [1.165, 1.54) is 27.1 Å². The highest BCUT2D eigenvalue weighted by Crippen LogP contribution is 2.39. The Morgan fingerprint density at radius 3 is 2.11 bits per heavy atom. The van der Waals surface area contributed by atoms with Crippen LogP contribution in [0.3, 0.4) is 0 Å². The van der Waals surface area contributed by atoms with Gasteiger partial charge in [0.2, 0.25) is 0 Å². The summed E-state index contributed by atoms with van der Waals surface area (Å²) in [7, 11) is 0. The molecule has 0 N–H and O–H groups in total. The SMILES string of the molecule is C1=Cc2c(c3ccccc3c3ccccc23)OC1. The first kappa shape index (κ1) is 9.72. The molecule has 86 valence electrons. The lowest BCUT2D eigenvalue weighted by molar-refractivity contribution is 0.363. The largest absolute Gasteiger partial charge is 0.488 e. The fourth-order valence-corrected chi connectivity index (χ4v) is 2.75. The van der Waals surface area contributed by atoms with E-state index < -0.39 is 0 Å². The van der Waals surface area contributed by atoms with Crippen molar-refractivity contribution in [3.05, 3.63) is 60.2 Å². The molecule has 0 saturated carbocycles. The maximum Gasteiger partial charge on any atom is 0.135 e. The van der Waals surface area contributed by atoms with Crippen LogP contribution in [0.25, 0.3) is 27.6 Å². The Hall–Kier alpha value is -2.28. The minimum Gasteiger partial charge on any atom is -0.488 e. The van der Waals surface area contributed by atoms with Crippen LogP contribution in [-0.2, 0) is 0 Å². The van der Waals surface area contributed by atoms with Crippen LogP contribution >= 0.6 is 0 Å². The molecule has 3 aromatic rings. The maximum atomic E-state index is 5.86. The summed E-state index contributed by atoms with van der Waals surface area (Å²) in [4.78, 5) is 0. The Morgan fingerprint density at radius 2 is 1.33 bits per heavy atom. The van der Waals surface area contributed by atoms with E-state index in [9.17, 15) is 0 Å². The van der Waals surface area contributed by atoms with Gasteiger partial charge in [-0.1, -0.05) is 54.6 Å². The number of hydrogen-bond donors (Lipinski definition) is 0. The van der Waals surface area contributed by atoms with E-state index in [0.717, 1.165) is 5.75 Å². The average molecular weight is 232 g/mol. The van der Waals surface area contributed by atoms with E-state index >= 15 is 0 Å². The minimum atomic E-state index is 0.662. The van der Waals surface area contributed by atoms with E-state index in [4.69, 9.17) is 4.74 Å². The number of fused-ring (bicyclic) bond motifs is 6.